The summed E-state index contributed by atoms with van der Waals surface area (Å²) in [6.07, 6.45) is 0. The Morgan fingerprint density at radius 3 is 2.61 bits per heavy atom. The molecule has 0 saturated heterocycles. The standard InChI is InChI=1S/C14H15N3O/c1-10-3-2-4-13(17-10)14(18)16-9-11-5-7-12(15)8-6-11/h2-8H,9,15H2,1H3,(H,16,18). The fraction of sp³-hybridized carbons (Fsp3) is 0.143. The molecule has 0 fully saturated rings. The summed E-state index contributed by atoms with van der Waals surface area (Å²) in [6, 6.07) is 12.8. The lowest BCUT2D eigenvalue weighted by Gasteiger charge is -2.05. The number of aromatic nitrogens is 1. The van der Waals surface area contributed by atoms with Crippen LogP contribution in [0.25, 0.3) is 0 Å². The van der Waals surface area contributed by atoms with E-state index in [0.717, 1.165) is 11.3 Å². The maximum atomic E-state index is 11.8. The van der Waals surface area contributed by atoms with Crippen LogP contribution in [-0.4, -0.2) is 10.9 Å². The number of nitrogens with zero attached hydrogens (tertiary/aromatic N) is 1. The molecule has 92 valence electrons. The normalized spacial score (nSPS) is 10.1. The smallest absolute Gasteiger partial charge is 0.270 e. The third-order valence-corrected chi connectivity index (χ3v) is 2.55. The summed E-state index contributed by atoms with van der Waals surface area (Å²) in [5.41, 5.74) is 8.58. The third-order valence-electron chi connectivity index (χ3n) is 2.55. The molecule has 1 amide bonds. The van der Waals surface area contributed by atoms with E-state index in [9.17, 15) is 4.79 Å². The topological polar surface area (TPSA) is 68.0 Å². The Kier molecular flexibility index (Phi) is 3.57. The van der Waals surface area contributed by atoms with E-state index in [1.54, 1.807) is 6.07 Å². The molecule has 1 heterocycles. The van der Waals surface area contributed by atoms with Crippen molar-refractivity contribution in [2.75, 3.05) is 5.73 Å². The van der Waals surface area contributed by atoms with Gasteiger partial charge in [-0.05, 0) is 36.8 Å². The number of nitrogens with one attached hydrogen (secondary N) is 1. The number of pyridine rings is 1. The van der Waals surface area contributed by atoms with Crippen LogP contribution in [0.3, 0.4) is 0 Å². The van der Waals surface area contributed by atoms with Crippen molar-refractivity contribution < 1.29 is 4.79 Å². The SMILES string of the molecule is Cc1cccc(C(=O)NCc2ccc(N)cc2)n1. The Hall–Kier alpha value is -2.36. The zero-order valence-corrected chi connectivity index (χ0v) is 10.2. The average Bonchev–Trinajstić information content (AvgIpc) is 2.38. The molecule has 18 heavy (non-hydrogen) atoms. The summed E-state index contributed by atoms with van der Waals surface area (Å²) >= 11 is 0. The molecule has 0 radical (unpaired) electrons. The van der Waals surface area contributed by atoms with Crippen LogP contribution in [0.2, 0.25) is 0 Å². The quantitative estimate of drug-likeness (QED) is 0.806. The minimum absolute atomic E-state index is 0.171. The predicted molar refractivity (Wildman–Crippen MR) is 71.0 cm³/mol. The molecule has 2 aromatic rings. The number of nitrogen functional groups attached to an aromatic ring is 1. The highest BCUT2D eigenvalue weighted by Gasteiger charge is 2.06. The van der Waals surface area contributed by atoms with Crippen molar-refractivity contribution in [1.29, 1.82) is 0 Å². The van der Waals surface area contributed by atoms with Gasteiger partial charge in [-0.25, -0.2) is 4.98 Å². The molecule has 0 atom stereocenters. The van der Waals surface area contributed by atoms with Crippen LogP contribution in [0.4, 0.5) is 5.69 Å². The van der Waals surface area contributed by atoms with Crippen molar-refractivity contribution in [1.82, 2.24) is 10.3 Å². The van der Waals surface area contributed by atoms with Crippen LogP contribution in [0.15, 0.2) is 42.5 Å². The number of rotatable bonds is 3. The number of hydrogen-bond donors (Lipinski definition) is 2. The summed E-state index contributed by atoms with van der Waals surface area (Å²) < 4.78 is 0. The number of carbonyl (C=O) groups excluding carboxylic acids is 1. The molecular formula is C14H15N3O. The number of aryl methyl sites for hydroxylation is 1. The minimum Gasteiger partial charge on any atom is -0.399 e. The monoisotopic (exact) mass is 241 g/mol. The Balaban J connectivity index is 1.98. The van der Waals surface area contributed by atoms with Crippen LogP contribution in [-0.2, 0) is 6.54 Å². The highest BCUT2D eigenvalue weighted by atomic mass is 16.1. The van der Waals surface area contributed by atoms with Crippen LogP contribution in [0.5, 0.6) is 0 Å². The van der Waals surface area contributed by atoms with Crippen LogP contribution in [0, 0.1) is 6.92 Å². The number of anilines is 1. The fourth-order valence-electron chi connectivity index (χ4n) is 1.58. The van der Waals surface area contributed by atoms with E-state index >= 15 is 0 Å². The number of nitrogens with two attached hydrogens (primary N) is 1. The molecule has 2 rings (SSSR count). The lowest BCUT2D eigenvalue weighted by Crippen LogP contribution is -2.23. The summed E-state index contributed by atoms with van der Waals surface area (Å²) in [6.45, 7) is 2.32. The van der Waals surface area contributed by atoms with Gasteiger partial charge in [0, 0.05) is 17.9 Å². The third kappa shape index (κ3) is 3.07. The first-order valence-electron chi connectivity index (χ1n) is 5.71. The summed E-state index contributed by atoms with van der Waals surface area (Å²) in [7, 11) is 0. The number of amides is 1. The lowest BCUT2D eigenvalue weighted by atomic mass is 10.2. The first-order valence-corrected chi connectivity index (χ1v) is 5.71. The number of carbonyl (C=O) groups is 1. The highest BCUT2D eigenvalue weighted by molar-refractivity contribution is 5.92. The van der Waals surface area contributed by atoms with E-state index in [2.05, 4.69) is 10.3 Å². The fourth-order valence-corrected chi connectivity index (χ4v) is 1.58. The molecule has 0 aliphatic rings. The van der Waals surface area contributed by atoms with Gasteiger partial charge < -0.3 is 11.1 Å². The maximum absolute atomic E-state index is 11.8. The Morgan fingerprint density at radius 2 is 1.94 bits per heavy atom. The molecule has 0 aliphatic carbocycles. The lowest BCUT2D eigenvalue weighted by molar-refractivity contribution is 0.0945. The largest absolute Gasteiger partial charge is 0.399 e. The van der Waals surface area contributed by atoms with Crippen LogP contribution in [0.1, 0.15) is 21.7 Å². The maximum Gasteiger partial charge on any atom is 0.270 e. The van der Waals surface area contributed by atoms with E-state index < -0.39 is 0 Å². The molecule has 1 aromatic heterocycles. The van der Waals surface area contributed by atoms with Gasteiger partial charge in [-0.15, -0.1) is 0 Å². The highest BCUT2D eigenvalue weighted by Crippen LogP contribution is 2.05. The van der Waals surface area contributed by atoms with Gasteiger partial charge >= 0.3 is 0 Å². The first kappa shape index (κ1) is 12.1. The zero-order valence-electron chi connectivity index (χ0n) is 10.2. The summed E-state index contributed by atoms with van der Waals surface area (Å²) in [5, 5.41) is 2.82. The molecule has 3 N–H and O–H groups in total. The second-order valence-electron chi connectivity index (χ2n) is 4.09. The molecule has 0 unspecified atom stereocenters. The molecular weight excluding hydrogens is 226 g/mol. The number of hydrogen-bond acceptors (Lipinski definition) is 3. The van der Waals surface area contributed by atoms with Crippen molar-refractivity contribution in [3.8, 4) is 0 Å². The molecule has 4 heteroatoms. The van der Waals surface area contributed by atoms with E-state index in [1.165, 1.54) is 0 Å². The molecule has 0 spiro atoms. The minimum atomic E-state index is -0.171. The van der Waals surface area contributed by atoms with E-state index in [4.69, 9.17) is 5.73 Å². The molecule has 0 bridgehead atoms. The van der Waals surface area contributed by atoms with Gasteiger partial charge in [0.2, 0.25) is 0 Å². The first-order chi connectivity index (χ1) is 8.65. The van der Waals surface area contributed by atoms with Gasteiger partial charge in [-0.2, -0.15) is 0 Å². The van der Waals surface area contributed by atoms with Crippen LogP contribution >= 0.6 is 0 Å². The average molecular weight is 241 g/mol. The van der Waals surface area contributed by atoms with Crippen molar-refractivity contribution in [2.24, 2.45) is 0 Å². The van der Waals surface area contributed by atoms with Crippen molar-refractivity contribution >= 4 is 11.6 Å². The van der Waals surface area contributed by atoms with Gasteiger partial charge in [0.25, 0.3) is 5.91 Å². The van der Waals surface area contributed by atoms with Gasteiger partial charge in [-0.3, -0.25) is 4.79 Å². The van der Waals surface area contributed by atoms with Crippen molar-refractivity contribution in [2.45, 2.75) is 13.5 Å². The number of benzene rings is 1. The van der Waals surface area contributed by atoms with Crippen molar-refractivity contribution in [3.05, 3.63) is 59.4 Å². The Bertz CT molecular complexity index is 549. The Morgan fingerprint density at radius 1 is 1.22 bits per heavy atom. The van der Waals surface area contributed by atoms with Gasteiger partial charge in [0.15, 0.2) is 0 Å². The van der Waals surface area contributed by atoms with E-state index in [0.29, 0.717) is 17.9 Å². The van der Waals surface area contributed by atoms with Gasteiger partial charge in [0.05, 0.1) is 0 Å². The molecule has 1 aromatic carbocycles. The van der Waals surface area contributed by atoms with E-state index in [-0.39, 0.29) is 5.91 Å². The predicted octanol–water partition coefficient (Wildman–Crippen LogP) is 1.90. The van der Waals surface area contributed by atoms with Gasteiger partial charge in [0.1, 0.15) is 5.69 Å². The van der Waals surface area contributed by atoms with Gasteiger partial charge in [-0.1, -0.05) is 18.2 Å². The zero-order chi connectivity index (χ0) is 13.0. The summed E-state index contributed by atoms with van der Waals surface area (Å²) in [4.78, 5) is 16.0. The molecule has 0 aliphatic heterocycles. The van der Waals surface area contributed by atoms with Crippen LogP contribution < -0.4 is 11.1 Å². The van der Waals surface area contributed by atoms with E-state index in [1.807, 2.05) is 43.3 Å². The Labute approximate surface area is 106 Å². The molecule has 4 nitrogen and oxygen atoms in total. The van der Waals surface area contributed by atoms with Crippen molar-refractivity contribution in [3.63, 3.8) is 0 Å². The second-order valence-corrected chi connectivity index (χ2v) is 4.09. The second kappa shape index (κ2) is 5.31. The summed E-state index contributed by atoms with van der Waals surface area (Å²) in [5.74, 6) is -0.171. The molecule has 0 saturated carbocycles.